The predicted molar refractivity (Wildman–Crippen MR) is 59.2 cm³/mol. The number of rotatable bonds is 7. The molecule has 0 amide bonds. The summed E-state index contributed by atoms with van der Waals surface area (Å²) in [6.45, 7) is 2.45. The Morgan fingerprint density at radius 3 is 2.56 bits per heavy atom. The van der Waals surface area contributed by atoms with Gasteiger partial charge in [-0.05, 0) is 38.0 Å². The number of aliphatic hydroxyl groups excluding tert-OH is 1. The lowest BCUT2D eigenvalue weighted by molar-refractivity contribution is -0.256. The van der Waals surface area contributed by atoms with Crippen LogP contribution in [0.2, 0.25) is 0 Å². The van der Waals surface area contributed by atoms with Gasteiger partial charge in [0.1, 0.15) is 0 Å². The van der Waals surface area contributed by atoms with Gasteiger partial charge in [-0.1, -0.05) is 12.6 Å². The largest absolute Gasteiger partial charge is 0.381 e. The highest BCUT2D eigenvalue weighted by Crippen LogP contribution is 2.25. The van der Waals surface area contributed by atoms with E-state index in [9.17, 15) is 0 Å². The maximum atomic E-state index is 9.08. The fourth-order valence-electron chi connectivity index (χ4n) is 1.86. The van der Waals surface area contributed by atoms with Crippen molar-refractivity contribution < 1.29 is 19.5 Å². The Morgan fingerprint density at radius 1 is 1.31 bits per heavy atom. The first-order valence-corrected chi connectivity index (χ1v) is 5.99. The van der Waals surface area contributed by atoms with E-state index in [2.05, 4.69) is 5.64 Å². The summed E-state index contributed by atoms with van der Waals surface area (Å²) in [5.74, 6) is 0.557. The van der Waals surface area contributed by atoms with Crippen molar-refractivity contribution in [1.82, 2.24) is 5.64 Å². The summed E-state index contributed by atoms with van der Waals surface area (Å²) in [4.78, 5) is 9.92. The highest BCUT2D eigenvalue weighted by molar-refractivity contribution is 4.71. The maximum absolute atomic E-state index is 9.08. The highest BCUT2D eigenvalue weighted by atomic mass is 16.9. The summed E-state index contributed by atoms with van der Waals surface area (Å²) in [6, 6.07) is 0. The second-order valence-electron chi connectivity index (χ2n) is 4.25. The van der Waals surface area contributed by atoms with Crippen molar-refractivity contribution in [2.24, 2.45) is 5.92 Å². The Bertz CT molecular complexity index is 171. The van der Waals surface area contributed by atoms with Gasteiger partial charge in [-0.15, -0.1) is 0 Å². The van der Waals surface area contributed by atoms with E-state index in [1.165, 1.54) is 0 Å². The summed E-state index contributed by atoms with van der Waals surface area (Å²) in [5.41, 5.74) is 2.33. The van der Waals surface area contributed by atoms with Gasteiger partial charge in [0.05, 0.1) is 12.7 Å². The van der Waals surface area contributed by atoms with E-state index in [4.69, 9.17) is 19.5 Å². The molecule has 5 nitrogen and oxygen atoms in total. The summed E-state index contributed by atoms with van der Waals surface area (Å²) in [5, 5.41) is 9.08. The number of hydrogen-bond donors (Lipinski definition) is 2. The van der Waals surface area contributed by atoms with Crippen LogP contribution in [0.1, 0.15) is 39.0 Å². The third-order valence-corrected chi connectivity index (χ3v) is 3.04. The predicted octanol–water partition coefficient (Wildman–Crippen LogP) is 1.37. The molecule has 0 aromatic rings. The standard InChI is InChI=1S/C11H23NO4/c1-3-11(13)16-12-15-8-9-4-6-10(14-2)7-5-9/h9-13H,3-8H2,1-2H3. The Morgan fingerprint density at radius 2 is 2.00 bits per heavy atom. The zero-order chi connectivity index (χ0) is 11.8. The Labute approximate surface area is 97.0 Å². The van der Waals surface area contributed by atoms with Crippen molar-refractivity contribution in [3.05, 3.63) is 0 Å². The lowest BCUT2D eigenvalue weighted by Crippen LogP contribution is -2.28. The average molecular weight is 233 g/mol. The lowest BCUT2D eigenvalue weighted by atomic mass is 9.88. The van der Waals surface area contributed by atoms with Gasteiger partial charge in [-0.2, -0.15) is 0 Å². The van der Waals surface area contributed by atoms with E-state index in [-0.39, 0.29) is 0 Å². The minimum Gasteiger partial charge on any atom is -0.381 e. The number of nitrogens with one attached hydrogen (secondary N) is 1. The molecule has 96 valence electrons. The van der Waals surface area contributed by atoms with Crippen LogP contribution in [0.25, 0.3) is 0 Å². The third kappa shape index (κ3) is 5.23. The molecule has 0 bridgehead atoms. The second-order valence-corrected chi connectivity index (χ2v) is 4.25. The van der Waals surface area contributed by atoms with Gasteiger partial charge < -0.3 is 9.84 Å². The zero-order valence-electron chi connectivity index (χ0n) is 10.1. The van der Waals surface area contributed by atoms with Crippen molar-refractivity contribution in [2.75, 3.05) is 13.7 Å². The first-order chi connectivity index (χ1) is 7.76. The fraction of sp³-hybridized carbons (Fsp3) is 1.00. The first kappa shape index (κ1) is 13.9. The minimum atomic E-state index is -0.802. The summed E-state index contributed by atoms with van der Waals surface area (Å²) >= 11 is 0. The summed E-state index contributed by atoms with van der Waals surface area (Å²) in [6.07, 6.45) is 4.60. The number of hydrogen-bond acceptors (Lipinski definition) is 5. The molecular formula is C11H23NO4. The van der Waals surface area contributed by atoms with E-state index >= 15 is 0 Å². The molecule has 2 N–H and O–H groups in total. The van der Waals surface area contributed by atoms with Crippen LogP contribution in [0.3, 0.4) is 0 Å². The van der Waals surface area contributed by atoms with Crippen molar-refractivity contribution in [1.29, 1.82) is 0 Å². The van der Waals surface area contributed by atoms with E-state index in [0.29, 0.717) is 25.0 Å². The average Bonchev–Trinajstić information content (AvgIpc) is 2.35. The molecule has 5 heteroatoms. The van der Waals surface area contributed by atoms with Crippen LogP contribution >= 0.6 is 0 Å². The molecule has 1 saturated carbocycles. The Kier molecular flexibility index (Phi) is 6.91. The summed E-state index contributed by atoms with van der Waals surface area (Å²) in [7, 11) is 1.77. The molecule has 1 aliphatic carbocycles. The third-order valence-electron chi connectivity index (χ3n) is 3.04. The van der Waals surface area contributed by atoms with Crippen LogP contribution in [0.5, 0.6) is 0 Å². The zero-order valence-corrected chi connectivity index (χ0v) is 10.1. The molecule has 16 heavy (non-hydrogen) atoms. The summed E-state index contributed by atoms with van der Waals surface area (Å²) < 4.78 is 5.30. The van der Waals surface area contributed by atoms with E-state index in [0.717, 1.165) is 25.7 Å². The van der Waals surface area contributed by atoms with Gasteiger partial charge in [-0.3, -0.25) is 4.84 Å². The molecule has 0 saturated heterocycles. The van der Waals surface area contributed by atoms with Gasteiger partial charge in [0, 0.05) is 7.11 Å². The molecule has 1 atom stereocenters. The van der Waals surface area contributed by atoms with Crippen LogP contribution < -0.4 is 5.64 Å². The molecule has 0 aliphatic heterocycles. The molecule has 0 aromatic heterocycles. The minimum absolute atomic E-state index is 0.419. The van der Waals surface area contributed by atoms with Gasteiger partial charge in [0.25, 0.3) is 0 Å². The van der Waals surface area contributed by atoms with Crippen LogP contribution in [0.4, 0.5) is 0 Å². The van der Waals surface area contributed by atoms with Gasteiger partial charge in [0.2, 0.25) is 0 Å². The van der Waals surface area contributed by atoms with Crippen LogP contribution in [-0.4, -0.2) is 31.2 Å². The topological polar surface area (TPSA) is 60.0 Å². The van der Waals surface area contributed by atoms with Crippen LogP contribution in [-0.2, 0) is 14.4 Å². The van der Waals surface area contributed by atoms with E-state index < -0.39 is 6.29 Å². The molecular weight excluding hydrogens is 210 g/mol. The van der Waals surface area contributed by atoms with Crippen molar-refractivity contribution in [2.45, 2.75) is 51.4 Å². The van der Waals surface area contributed by atoms with Crippen molar-refractivity contribution in [3.8, 4) is 0 Å². The number of ether oxygens (including phenoxy) is 1. The maximum Gasteiger partial charge on any atom is 0.176 e. The fourth-order valence-corrected chi connectivity index (χ4v) is 1.86. The van der Waals surface area contributed by atoms with E-state index in [1.54, 1.807) is 7.11 Å². The Balaban J connectivity index is 1.98. The van der Waals surface area contributed by atoms with Crippen molar-refractivity contribution in [3.63, 3.8) is 0 Å². The molecule has 0 aromatic carbocycles. The molecule has 1 unspecified atom stereocenters. The highest BCUT2D eigenvalue weighted by Gasteiger charge is 2.20. The van der Waals surface area contributed by atoms with Gasteiger partial charge >= 0.3 is 0 Å². The molecule has 0 radical (unpaired) electrons. The van der Waals surface area contributed by atoms with Gasteiger partial charge in [0.15, 0.2) is 6.29 Å². The molecule has 1 aliphatic rings. The molecule has 0 heterocycles. The normalized spacial score (nSPS) is 27.9. The smallest absolute Gasteiger partial charge is 0.176 e. The second kappa shape index (κ2) is 7.97. The first-order valence-electron chi connectivity index (χ1n) is 5.99. The Hall–Kier alpha value is -0.200. The quantitative estimate of drug-likeness (QED) is 0.395. The molecule has 0 spiro atoms. The number of methoxy groups -OCH3 is 1. The lowest BCUT2D eigenvalue weighted by Gasteiger charge is -2.27. The van der Waals surface area contributed by atoms with Crippen LogP contribution in [0, 0.1) is 5.92 Å². The van der Waals surface area contributed by atoms with Gasteiger partial charge in [-0.25, -0.2) is 4.84 Å². The molecule has 1 rings (SSSR count). The van der Waals surface area contributed by atoms with E-state index in [1.807, 2.05) is 6.92 Å². The van der Waals surface area contributed by atoms with Crippen LogP contribution in [0.15, 0.2) is 0 Å². The monoisotopic (exact) mass is 233 g/mol. The van der Waals surface area contributed by atoms with Crippen molar-refractivity contribution >= 4 is 0 Å². The number of aliphatic hydroxyl groups is 1. The SMILES string of the molecule is CCC(O)ONOCC1CCC(OC)CC1. The molecule has 1 fully saturated rings.